The standard InChI is InChI=1S/C14H21N3/c1-2-5-12(6-3-1)17-10-4-7-14(17)13-8-9-15-11-16-13/h8-9,11-12,14H,1-7,10H2/t14-/m1/s1. The maximum atomic E-state index is 4.45. The van der Waals surface area contributed by atoms with E-state index in [0.29, 0.717) is 6.04 Å². The largest absolute Gasteiger partial charge is 0.292 e. The molecule has 1 aromatic heterocycles. The number of aromatic nitrogens is 2. The Morgan fingerprint density at radius 1 is 1.06 bits per heavy atom. The molecule has 0 radical (unpaired) electrons. The van der Waals surface area contributed by atoms with E-state index in [4.69, 9.17) is 0 Å². The lowest BCUT2D eigenvalue weighted by Crippen LogP contribution is -2.36. The Kier molecular flexibility index (Phi) is 3.36. The fourth-order valence-corrected chi connectivity index (χ4v) is 3.45. The molecule has 3 heteroatoms. The highest BCUT2D eigenvalue weighted by Gasteiger charge is 2.32. The molecule has 0 bridgehead atoms. The summed E-state index contributed by atoms with van der Waals surface area (Å²) in [6.07, 6.45) is 13.2. The van der Waals surface area contributed by atoms with E-state index in [0.717, 1.165) is 6.04 Å². The van der Waals surface area contributed by atoms with Crippen molar-refractivity contribution in [1.82, 2.24) is 14.9 Å². The van der Waals surface area contributed by atoms with Crippen LogP contribution in [0.2, 0.25) is 0 Å². The minimum absolute atomic E-state index is 0.557. The summed E-state index contributed by atoms with van der Waals surface area (Å²) in [6, 6.07) is 3.46. The van der Waals surface area contributed by atoms with Crippen molar-refractivity contribution < 1.29 is 0 Å². The number of rotatable bonds is 2. The summed E-state index contributed by atoms with van der Waals surface area (Å²) in [5.41, 5.74) is 1.23. The van der Waals surface area contributed by atoms with Gasteiger partial charge in [-0.25, -0.2) is 9.97 Å². The first kappa shape index (κ1) is 11.1. The maximum Gasteiger partial charge on any atom is 0.115 e. The summed E-state index contributed by atoms with van der Waals surface area (Å²) in [4.78, 5) is 11.2. The molecule has 1 aliphatic carbocycles. The zero-order valence-corrected chi connectivity index (χ0v) is 10.4. The summed E-state index contributed by atoms with van der Waals surface area (Å²) in [7, 11) is 0. The van der Waals surface area contributed by atoms with Gasteiger partial charge in [0.05, 0.1) is 11.7 Å². The van der Waals surface area contributed by atoms with Crippen molar-refractivity contribution in [2.75, 3.05) is 6.54 Å². The summed E-state index contributed by atoms with van der Waals surface area (Å²) in [6.45, 7) is 1.26. The zero-order valence-electron chi connectivity index (χ0n) is 10.4. The van der Waals surface area contributed by atoms with Crippen molar-refractivity contribution in [2.45, 2.75) is 57.0 Å². The highest BCUT2D eigenvalue weighted by atomic mass is 15.2. The van der Waals surface area contributed by atoms with Gasteiger partial charge in [-0.05, 0) is 38.3 Å². The Bertz CT molecular complexity index is 346. The number of nitrogens with zero attached hydrogens (tertiary/aromatic N) is 3. The molecule has 0 unspecified atom stereocenters. The van der Waals surface area contributed by atoms with Crippen molar-refractivity contribution in [3.05, 3.63) is 24.3 Å². The molecule has 2 fully saturated rings. The molecule has 1 saturated carbocycles. The summed E-state index contributed by atoms with van der Waals surface area (Å²) < 4.78 is 0. The number of hydrogen-bond donors (Lipinski definition) is 0. The average Bonchev–Trinajstić information content (AvgIpc) is 2.90. The number of likely N-dealkylation sites (tertiary alicyclic amines) is 1. The third kappa shape index (κ3) is 2.34. The van der Waals surface area contributed by atoms with Crippen molar-refractivity contribution in [1.29, 1.82) is 0 Å². The van der Waals surface area contributed by atoms with Crippen LogP contribution in [-0.4, -0.2) is 27.5 Å². The molecule has 0 amide bonds. The quantitative estimate of drug-likeness (QED) is 0.783. The van der Waals surface area contributed by atoms with Gasteiger partial charge in [-0.3, -0.25) is 4.90 Å². The predicted octanol–water partition coefficient (Wildman–Crippen LogP) is 2.95. The Morgan fingerprint density at radius 3 is 2.71 bits per heavy atom. The van der Waals surface area contributed by atoms with E-state index in [2.05, 4.69) is 20.9 Å². The van der Waals surface area contributed by atoms with Crippen LogP contribution in [-0.2, 0) is 0 Å². The normalized spacial score (nSPS) is 27.4. The first-order valence-corrected chi connectivity index (χ1v) is 6.97. The maximum absolute atomic E-state index is 4.45. The molecule has 0 spiro atoms. The lowest BCUT2D eigenvalue weighted by molar-refractivity contribution is 0.140. The van der Waals surface area contributed by atoms with E-state index in [1.165, 1.54) is 57.2 Å². The van der Waals surface area contributed by atoms with Crippen LogP contribution in [0.15, 0.2) is 18.6 Å². The van der Waals surface area contributed by atoms with E-state index < -0.39 is 0 Å². The Hall–Kier alpha value is -0.960. The van der Waals surface area contributed by atoms with Crippen LogP contribution in [0.4, 0.5) is 0 Å². The van der Waals surface area contributed by atoms with Crippen LogP contribution in [0, 0.1) is 0 Å². The molecule has 3 nitrogen and oxygen atoms in total. The molecule has 0 aromatic carbocycles. The van der Waals surface area contributed by atoms with Gasteiger partial charge in [0.15, 0.2) is 0 Å². The second-order valence-corrected chi connectivity index (χ2v) is 5.32. The van der Waals surface area contributed by atoms with Crippen molar-refractivity contribution >= 4 is 0 Å². The van der Waals surface area contributed by atoms with Gasteiger partial charge >= 0.3 is 0 Å². The van der Waals surface area contributed by atoms with Crippen molar-refractivity contribution in [3.63, 3.8) is 0 Å². The topological polar surface area (TPSA) is 29.0 Å². The van der Waals surface area contributed by atoms with Crippen LogP contribution in [0.5, 0.6) is 0 Å². The first-order chi connectivity index (χ1) is 8.45. The molecule has 17 heavy (non-hydrogen) atoms. The summed E-state index contributed by atoms with van der Waals surface area (Å²) in [5.74, 6) is 0. The van der Waals surface area contributed by atoms with Crippen LogP contribution in [0.3, 0.4) is 0 Å². The fraction of sp³-hybridized carbons (Fsp3) is 0.714. The first-order valence-electron chi connectivity index (χ1n) is 6.97. The van der Waals surface area contributed by atoms with Crippen molar-refractivity contribution in [3.8, 4) is 0 Å². The lowest BCUT2D eigenvalue weighted by Gasteiger charge is -2.35. The third-order valence-corrected chi connectivity index (χ3v) is 4.28. The second kappa shape index (κ2) is 5.13. The van der Waals surface area contributed by atoms with Crippen LogP contribution in [0.1, 0.15) is 56.7 Å². The molecule has 2 aliphatic rings. The van der Waals surface area contributed by atoms with Gasteiger partial charge in [0.2, 0.25) is 0 Å². The van der Waals surface area contributed by atoms with E-state index in [1.54, 1.807) is 6.33 Å². The molecular weight excluding hydrogens is 210 g/mol. The van der Waals surface area contributed by atoms with E-state index >= 15 is 0 Å². The molecule has 1 saturated heterocycles. The Morgan fingerprint density at radius 2 is 1.94 bits per heavy atom. The zero-order chi connectivity index (χ0) is 11.5. The molecular formula is C14H21N3. The fourth-order valence-electron chi connectivity index (χ4n) is 3.45. The summed E-state index contributed by atoms with van der Waals surface area (Å²) >= 11 is 0. The molecule has 2 heterocycles. The molecule has 0 N–H and O–H groups in total. The van der Waals surface area contributed by atoms with E-state index in [9.17, 15) is 0 Å². The van der Waals surface area contributed by atoms with Gasteiger partial charge in [-0.2, -0.15) is 0 Å². The minimum Gasteiger partial charge on any atom is -0.292 e. The van der Waals surface area contributed by atoms with Gasteiger partial charge in [-0.1, -0.05) is 19.3 Å². The minimum atomic E-state index is 0.557. The molecule has 1 aliphatic heterocycles. The molecule has 1 atom stereocenters. The van der Waals surface area contributed by atoms with Gasteiger partial charge < -0.3 is 0 Å². The molecule has 1 aromatic rings. The molecule has 3 rings (SSSR count). The van der Waals surface area contributed by atoms with Gasteiger partial charge in [0.25, 0.3) is 0 Å². The average molecular weight is 231 g/mol. The van der Waals surface area contributed by atoms with Crippen LogP contribution < -0.4 is 0 Å². The van der Waals surface area contributed by atoms with Gasteiger partial charge in [0.1, 0.15) is 6.33 Å². The monoisotopic (exact) mass is 231 g/mol. The van der Waals surface area contributed by atoms with Crippen molar-refractivity contribution in [2.24, 2.45) is 0 Å². The van der Waals surface area contributed by atoms with E-state index in [-0.39, 0.29) is 0 Å². The van der Waals surface area contributed by atoms with Gasteiger partial charge in [-0.15, -0.1) is 0 Å². The van der Waals surface area contributed by atoms with Crippen LogP contribution >= 0.6 is 0 Å². The smallest absolute Gasteiger partial charge is 0.115 e. The lowest BCUT2D eigenvalue weighted by atomic mass is 9.93. The Labute approximate surface area is 103 Å². The number of hydrogen-bond acceptors (Lipinski definition) is 3. The predicted molar refractivity (Wildman–Crippen MR) is 67.6 cm³/mol. The van der Waals surface area contributed by atoms with Gasteiger partial charge in [0, 0.05) is 12.2 Å². The highest BCUT2D eigenvalue weighted by Crippen LogP contribution is 2.36. The summed E-state index contributed by atoms with van der Waals surface area (Å²) in [5, 5.41) is 0. The van der Waals surface area contributed by atoms with Crippen LogP contribution in [0.25, 0.3) is 0 Å². The third-order valence-electron chi connectivity index (χ3n) is 4.28. The Balaban J connectivity index is 1.75. The molecule has 92 valence electrons. The SMILES string of the molecule is c1cc([C@H]2CCCN2C2CCCCC2)ncn1. The van der Waals surface area contributed by atoms with E-state index in [1.807, 2.05) is 6.20 Å². The highest BCUT2D eigenvalue weighted by molar-refractivity contribution is 5.08. The second-order valence-electron chi connectivity index (χ2n) is 5.32.